The lowest BCUT2D eigenvalue weighted by atomic mass is 10.3. The van der Waals surface area contributed by atoms with Crippen molar-refractivity contribution in [3.63, 3.8) is 0 Å². The molecular formula is C18H15ClN2O3S2. The number of aromatic nitrogens is 1. The Morgan fingerprint density at radius 2 is 2.15 bits per heavy atom. The molecule has 8 heteroatoms. The number of hydrogen-bond donors (Lipinski definition) is 0. The highest BCUT2D eigenvalue weighted by atomic mass is 35.5. The lowest BCUT2D eigenvalue weighted by Crippen LogP contribution is -2.23. The number of hydrogen-bond acceptors (Lipinski definition) is 5. The first-order chi connectivity index (χ1) is 12.6. The van der Waals surface area contributed by atoms with Gasteiger partial charge in [-0.1, -0.05) is 35.1 Å². The molecule has 0 N–H and O–H groups in total. The fraction of sp³-hybridized carbons (Fsp3) is 0.167. The SMILES string of the molecule is CCOC(=O)Cn1c(=NC(=O)C=Cc2cccs2)sc2cccc(Cl)c21. The third-order valence-corrected chi connectivity index (χ3v) is 5.57. The fourth-order valence-corrected chi connectivity index (χ4v) is 4.34. The van der Waals surface area contributed by atoms with Crippen LogP contribution >= 0.6 is 34.3 Å². The van der Waals surface area contributed by atoms with Gasteiger partial charge in [-0.25, -0.2) is 0 Å². The summed E-state index contributed by atoms with van der Waals surface area (Å²) in [6.07, 6.45) is 3.12. The highest BCUT2D eigenvalue weighted by molar-refractivity contribution is 7.16. The Balaban J connectivity index is 2.02. The Kier molecular flexibility index (Phi) is 6.03. The molecule has 3 rings (SSSR count). The van der Waals surface area contributed by atoms with Crippen molar-refractivity contribution in [2.24, 2.45) is 4.99 Å². The van der Waals surface area contributed by atoms with Gasteiger partial charge in [0.2, 0.25) is 0 Å². The minimum Gasteiger partial charge on any atom is -0.465 e. The molecule has 5 nitrogen and oxygen atoms in total. The molecule has 0 aliphatic heterocycles. The van der Waals surface area contributed by atoms with E-state index in [1.54, 1.807) is 23.6 Å². The Morgan fingerprint density at radius 3 is 2.88 bits per heavy atom. The number of carbonyl (C=O) groups excluding carboxylic acids is 2. The number of amides is 1. The van der Waals surface area contributed by atoms with E-state index < -0.39 is 11.9 Å². The third-order valence-electron chi connectivity index (χ3n) is 3.38. The van der Waals surface area contributed by atoms with Crippen LogP contribution in [0.15, 0.2) is 46.8 Å². The molecule has 0 unspecified atom stereocenters. The summed E-state index contributed by atoms with van der Waals surface area (Å²) in [5.41, 5.74) is 0.668. The largest absolute Gasteiger partial charge is 0.465 e. The number of halogens is 1. The molecule has 0 aliphatic rings. The predicted molar refractivity (Wildman–Crippen MR) is 105 cm³/mol. The number of rotatable bonds is 5. The minimum absolute atomic E-state index is 0.0572. The van der Waals surface area contributed by atoms with Gasteiger partial charge in [-0.2, -0.15) is 4.99 Å². The molecule has 0 spiro atoms. The number of para-hydroxylation sites is 1. The van der Waals surface area contributed by atoms with E-state index in [0.717, 1.165) is 9.58 Å². The molecule has 0 bridgehead atoms. The lowest BCUT2D eigenvalue weighted by molar-refractivity contribution is -0.143. The van der Waals surface area contributed by atoms with Gasteiger partial charge in [0.15, 0.2) is 4.80 Å². The van der Waals surface area contributed by atoms with E-state index in [4.69, 9.17) is 16.3 Å². The summed E-state index contributed by atoms with van der Waals surface area (Å²) in [6, 6.07) is 9.25. The van der Waals surface area contributed by atoms with E-state index >= 15 is 0 Å². The number of carbonyl (C=O) groups is 2. The molecule has 2 aromatic heterocycles. The van der Waals surface area contributed by atoms with Gasteiger partial charge in [0.1, 0.15) is 6.54 Å². The van der Waals surface area contributed by atoms with E-state index in [1.165, 1.54) is 28.7 Å². The number of nitrogens with zero attached hydrogens (tertiary/aromatic N) is 2. The summed E-state index contributed by atoms with van der Waals surface area (Å²) in [6.45, 7) is 1.97. The number of thiophene rings is 1. The van der Waals surface area contributed by atoms with Crippen LogP contribution in [0.5, 0.6) is 0 Å². The van der Waals surface area contributed by atoms with Gasteiger partial charge in [-0.3, -0.25) is 9.59 Å². The molecule has 3 aromatic rings. The van der Waals surface area contributed by atoms with Crippen LogP contribution in [0.1, 0.15) is 11.8 Å². The zero-order chi connectivity index (χ0) is 18.5. The first kappa shape index (κ1) is 18.6. The Hall–Kier alpha value is -2.22. The van der Waals surface area contributed by atoms with Gasteiger partial charge < -0.3 is 9.30 Å². The first-order valence-corrected chi connectivity index (χ1v) is 9.89. The molecule has 1 aromatic carbocycles. The van der Waals surface area contributed by atoms with Gasteiger partial charge in [-0.15, -0.1) is 11.3 Å². The van der Waals surface area contributed by atoms with Crippen LogP contribution in [0.25, 0.3) is 16.3 Å². The zero-order valence-electron chi connectivity index (χ0n) is 13.8. The molecule has 0 fully saturated rings. The van der Waals surface area contributed by atoms with E-state index in [2.05, 4.69) is 4.99 Å². The normalized spacial score (nSPS) is 12.2. The molecule has 2 heterocycles. The van der Waals surface area contributed by atoms with Crippen LogP contribution in [-0.2, 0) is 20.9 Å². The third kappa shape index (κ3) is 4.30. The molecule has 0 atom stereocenters. The van der Waals surface area contributed by atoms with Crippen molar-refractivity contribution in [1.82, 2.24) is 4.57 Å². The Morgan fingerprint density at radius 1 is 1.31 bits per heavy atom. The van der Waals surface area contributed by atoms with Crippen molar-refractivity contribution in [3.05, 3.63) is 56.5 Å². The Labute approximate surface area is 162 Å². The van der Waals surface area contributed by atoms with Crippen LogP contribution in [0, 0.1) is 0 Å². The summed E-state index contributed by atoms with van der Waals surface area (Å²) < 4.78 is 7.49. The van der Waals surface area contributed by atoms with Crippen molar-refractivity contribution < 1.29 is 14.3 Å². The van der Waals surface area contributed by atoms with Crippen molar-refractivity contribution in [2.45, 2.75) is 13.5 Å². The predicted octanol–water partition coefficient (Wildman–Crippen LogP) is 4.12. The summed E-state index contributed by atoms with van der Waals surface area (Å²) >= 11 is 9.13. The maximum atomic E-state index is 12.2. The second kappa shape index (κ2) is 8.44. The van der Waals surface area contributed by atoms with E-state index in [-0.39, 0.29) is 13.2 Å². The maximum Gasteiger partial charge on any atom is 0.326 e. The second-order valence-corrected chi connectivity index (χ2v) is 7.56. The Bertz CT molecular complexity index is 1030. The number of esters is 1. The van der Waals surface area contributed by atoms with Crippen LogP contribution in [0.2, 0.25) is 5.02 Å². The van der Waals surface area contributed by atoms with E-state index in [0.29, 0.717) is 15.3 Å². The molecule has 0 saturated heterocycles. The number of ether oxygens (including phenoxy) is 1. The molecule has 0 radical (unpaired) electrons. The van der Waals surface area contributed by atoms with Gasteiger partial charge in [0.25, 0.3) is 5.91 Å². The number of fused-ring (bicyclic) bond motifs is 1. The quantitative estimate of drug-likeness (QED) is 0.473. The number of benzene rings is 1. The van der Waals surface area contributed by atoms with Gasteiger partial charge in [0, 0.05) is 11.0 Å². The van der Waals surface area contributed by atoms with E-state index in [1.807, 2.05) is 29.6 Å². The summed E-state index contributed by atoms with van der Waals surface area (Å²) in [5.74, 6) is -0.811. The van der Waals surface area contributed by atoms with E-state index in [9.17, 15) is 9.59 Å². The van der Waals surface area contributed by atoms with Crippen LogP contribution in [0.4, 0.5) is 0 Å². The molecule has 26 heavy (non-hydrogen) atoms. The average molecular weight is 407 g/mol. The fourth-order valence-electron chi connectivity index (χ4n) is 2.33. The van der Waals surface area contributed by atoms with Gasteiger partial charge >= 0.3 is 5.97 Å². The van der Waals surface area contributed by atoms with Crippen LogP contribution < -0.4 is 4.80 Å². The molecular weight excluding hydrogens is 392 g/mol. The monoisotopic (exact) mass is 406 g/mol. The molecule has 1 amide bonds. The molecule has 134 valence electrons. The average Bonchev–Trinajstić information content (AvgIpc) is 3.22. The summed E-state index contributed by atoms with van der Waals surface area (Å²) in [5, 5.41) is 2.42. The standard InChI is InChI=1S/C18H15ClN2O3S2/c1-2-24-16(23)11-21-17-13(19)6-3-7-14(17)26-18(21)20-15(22)9-8-12-5-4-10-25-12/h3-10H,2,11H2,1H3. The van der Waals surface area contributed by atoms with Gasteiger partial charge in [0.05, 0.1) is 21.8 Å². The van der Waals surface area contributed by atoms with Crippen LogP contribution in [0.3, 0.4) is 0 Å². The second-order valence-electron chi connectivity index (χ2n) is 5.16. The topological polar surface area (TPSA) is 60.7 Å². The van der Waals surface area contributed by atoms with Crippen molar-refractivity contribution in [1.29, 1.82) is 0 Å². The molecule has 0 aliphatic carbocycles. The summed E-state index contributed by atoms with van der Waals surface area (Å²) in [4.78, 5) is 29.7. The van der Waals surface area contributed by atoms with Gasteiger partial charge in [-0.05, 0) is 36.6 Å². The maximum absolute atomic E-state index is 12.2. The smallest absolute Gasteiger partial charge is 0.326 e. The highest BCUT2D eigenvalue weighted by Crippen LogP contribution is 2.25. The van der Waals surface area contributed by atoms with Crippen molar-refractivity contribution >= 4 is 62.4 Å². The van der Waals surface area contributed by atoms with Crippen molar-refractivity contribution in [3.8, 4) is 0 Å². The highest BCUT2D eigenvalue weighted by Gasteiger charge is 2.14. The lowest BCUT2D eigenvalue weighted by Gasteiger charge is -2.05. The zero-order valence-corrected chi connectivity index (χ0v) is 16.2. The van der Waals surface area contributed by atoms with Crippen molar-refractivity contribution in [2.75, 3.05) is 6.61 Å². The minimum atomic E-state index is -0.407. The molecule has 0 saturated carbocycles. The van der Waals surface area contributed by atoms with Crippen LogP contribution in [-0.4, -0.2) is 23.1 Å². The summed E-state index contributed by atoms with van der Waals surface area (Å²) in [7, 11) is 0. The number of thiazole rings is 1. The first-order valence-electron chi connectivity index (χ1n) is 7.82.